The molecule has 192 valence electrons. The fourth-order valence-electron chi connectivity index (χ4n) is 3.02. The molecular formula is C25H33ClN6O3Si. The molecule has 9 nitrogen and oxygen atoms in total. The molecule has 0 unspecified atom stereocenters. The number of anilines is 3. The standard InChI is InChI=1S/C25H33ClN6O3Si/c1-25(2,3)36(5,6)35-14-13-27-18-8-10-19(11-9-18)29-23(33)20-16-32(4)31-22(20)30-24(34)21-12-7-17(26)15-28-21/h7-12,15-16,27H,13-14H2,1-6H3,(H,29,33)(H,30,31,34). The van der Waals surface area contributed by atoms with E-state index in [2.05, 4.69) is 59.9 Å². The van der Waals surface area contributed by atoms with Gasteiger partial charge in [-0.3, -0.25) is 14.3 Å². The third-order valence-electron chi connectivity index (χ3n) is 6.11. The smallest absolute Gasteiger partial charge is 0.275 e. The van der Waals surface area contributed by atoms with Crippen LogP contribution in [0.4, 0.5) is 17.2 Å². The van der Waals surface area contributed by atoms with Crippen molar-refractivity contribution in [2.75, 3.05) is 29.1 Å². The van der Waals surface area contributed by atoms with Crippen LogP contribution >= 0.6 is 11.6 Å². The van der Waals surface area contributed by atoms with Gasteiger partial charge in [-0.2, -0.15) is 5.10 Å². The molecule has 0 atom stereocenters. The Kier molecular flexibility index (Phi) is 8.54. The number of nitrogens with zero attached hydrogens (tertiary/aromatic N) is 3. The van der Waals surface area contributed by atoms with E-state index in [1.807, 2.05) is 12.1 Å². The number of halogens is 1. The number of pyridine rings is 1. The first-order valence-electron chi connectivity index (χ1n) is 11.6. The molecule has 3 N–H and O–H groups in total. The lowest BCUT2D eigenvalue weighted by Crippen LogP contribution is -2.41. The predicted molar refractivity (Wildman–Crippen MR) is 146 cm³/mol. The van der Waals surface area contributed by atoms with Crippen LogP contribution in [0.3, 0.4) is 0 Å². The molecular weight excluding hydrogens is 496 g/mol. The Bertz CT molecular complexity index is 1200. The Morgan fingerprint density at radius 2 is 1.69 bits per heavy atom. The van der Waals surface area contributed by atoms with Crippen molar-refractivity contribution in [1.29, 1.82) is 0 Å². The molecule has 1 aromatic carbocycles. The summed E-state index contributed by atoms with van der Waals surface area (Å²) in [6.07, 6.45) is 2.92. The van der Waals surface area contributed by atoms with E-state index in [9.17, 15) is 9.59 Å². The minimum Gasteiger partial charge on any atom is -0.415 e. The first-order chi connectivity index (χ1) is 16.9. The quantitative estimate of drug-likeness (QED) is 0.253. The van der Waals surface area contributed by atoms with Gasteiger partial charge in [0, 0.05) is 37.4 Å². The Morgan fingerprint density at radius 1 is 1.03 bits per heavy atom. The third kappa shape index (κ3) is 7.16. The first-order valence-corrected chi connectivity index (χ1v) is 14.9. The molecule has 0 saturated heterocycles. The summed E-state index contributed by atoms with van der Waals surface area (Å²) >= 11 is 5.83. The largest absolute Gasteiger partial charge is 0.415 e. The van der Waals surface area contributed by atoms with Crippen LogP contribution in [0.2, 0.25) is 23.2 Å². The molecule has 0 aliphatic rings. The number of benzene rings is 1. The Morgan fingerprint density at radius 3 is 2.31 bits per heavy atom. The van der Waals surface area contributed by atoms with E-state index in [0.29, 0.717) is 23.9 Å². The molecule has 2 amide bonds. The zero-order valence-corrected chi connectivity index (χ0v) is 23.2. The Hall–Kier alpha value is -3.21. The lowest BCUT2D eigenvalue weighted by atomic mass is 10.2. The predicted octanol–water partition coefficient (Wildman–Crippen LogP) is 5.41. The van der Waals surface area contributed by atoms with Gasteiger partial charge in [0.15, 0.2) is 14.1 Å². The highest BCUT2D eigenvalue weighted by Crippen LogP contribution is 2.36. The zero-order chi connectivity index (χ0) is 26.5. The second kappa shape index (κ2) is 11.2. The average Bonchev–Trinajstić information content (AvgIpc) is 3.17. The van der Waals surface area contributed by atoms with E-state index in [1.54, 1.807) is 31.4 Å². The van der Waals surface area contributed by atoms with Gasteiger partial charge in [-0.05, 0) is 54.5 Å². The van der Waals surface area contributed by atoms with Gasteiger partial charge in [0.25, 0.3) is 11.8 Å². The van der Waals surface area contributed by atoms with E-state index in [-0.39, 0.29) is 22.1 Å². The SMILES string of the molecule is Cn1cc(C(=O)Nc2ccc(NCCO[Si](C)(C)C(C)(C)C)cc2)c(NC(=O)c2ccc(Cl)cn2)n1. The van der Waals surface area contributed by atoms with Crippen molar-refractivity contribution in [3.8, 4) is 0 Å². The molecule has 11 heteroatoms. The fraction of sp³-hybridized carbons (Fsp3) is 0.360. The van der Waals surface area contributed by atoms with E-state index in [4.69, 9.17) is 16.0 Å². The lowest BCUT2D eigenvalue weighted by Gasteiger charge is -2.36. The van der Waals surface area contributed by atoms with Crippen LogP contribution in [0.25, 0.3) is 0 Å². The molecule has 36 heavy (non-hydrogen) atoms. The maximum atomic E-state index is 12.9. The molecule has 0 aliphatic heterocycles. The van der Waals surface area contributed by atoms with Crippen LogP contribution in [0, 0.1) is 0 Å². The number of hydrogen-bond donors (Lipinski definition) is 3. The van der Waals surface area contributed by atoms with Crippen molar-refractivity contribution in [2.45, 2.75) is 38.9 Å². The summed E-state index contributed by atoms with van der Waals surface area (Å²) in [6.45, 7) is 12.5. The topological polar surface area (TPSA) is 110 Å². The summed E-state index contributed by atoms with van der Waals surface area (Å²) in [6, 6.07) is 10.5. The number of carbonyl (C=O) groups excluding carboxylic acids is 2. The average molecular weight is 529 g/mol. The molecule has 3 aromatic rings. The van der Waals surface area contributed by atoms with Gasteiger partial charge < -0.3 is 20.4 Å². The summed E-state index contributed by atoms with van der Waals surface area (Å²) in [7, 11) is -0.0981. The van der Waals surface area contributed by atoms with Crippen molar-refractivity contribution in [1.82, 2.24) is 14.8 Å². The number of carbonyl (C=O) groups is 2. The van der Waals surface area contributed by atoms with Crippen molar-refractivity contribution in [3.63, 3.8) is 0 Å². The third-order valence-corrected chi connectivity index (χ3v) is 10.9. The molecule has 0 fully saturated rings. The van der Waals surface area contributed by atoms with Gasteiger partial charge in [0.05, 0.1) is 11.6 Å². The van der Waals surface area contributed by atoms with Gasteiger partial charge in [-0.1, -0.05) is 32.4 Å². The Balaban J connectivity index is 1.56. The number of aryl methyl sites for hydroxylation is 1. The molecule has 3 rings (SSSR count). The van der Waals surface area contributed by atoms with Crippen LogP contribution in [0.5, 0.6) is 0 Å². The molecule has 0 spiro atoms. The zero-order valence-electron chi connectivity index (χ0n) is 21.5. The maximum Gasteiger partial charge on any atom is 0.275 e. The lowest BCUT2D eigenvalue weighted by molar-refractivity contribution is 0.102. The number of nitrogens with one attached hydrogen (secondary N) is 3. The summed E-state index contributed by atoms with van der Waals surface area (Å²) in [4.78, 5) is 29.4. The van der Waals surface area contributed by atoms with Crippen LogP contribution in [0.15, 0.2) is 48.8 Å². The van der Waals surface area contributed by atoms with Gasteiger partial charge in [0.1, 0.15) is 11.3 Å². The van der Waals surface area contributed by atoms with Gasteiger partial charge in [-0.25, -0.2) is 4.98 Å². The van der Waals surface area contributed by atoms with Crippen LogP contribution in [0.1, 0.15) is 41.6 Å². The van der Waals surface area contributed by atoms with Crippen molar-refractivity contribution >= 4 is 48.9 Å². The van der Waals surface area contributed by atoms with E-state index < -0.39 is 20.1 Å². The summed E-state index contributed by atoms with van der Waals surface area (Å²) in [5.74, 6) is -0.755. The summed E-state index contributed by atoms with van der Waals surface area (Å²) in [5, 5.41) is 13.6. The first kappa shape index (κ1) is 27.4. The second-order valence-electron chi connectivity index (χ2n) is 9.95. The highest BCUT2D eigenvalue weighted by atomic mass is 35.5. The summed E-state index contributed by atoms with van der Waals surface area (Å²) in [5.41, 5.74) is 1.93. The van der Waals surface area contributed by atoms with Crippen molar-refractivity contribution in [3.05, 3.63) is 65.1 Å². The van der Waals surface area contributed by atoms with Crippen LogP contribution in [-0.2, 0) is 11.5 Å². The number of amides is 2. The van der Waals surface area contributed by atoms with Crippen LogP contribution < -0.4 is 16.0 Å². The number of rotatable bonds is 9. The minimum atomic E-state index is -1.77. The normalized spacial score (nSPS) is 11.8. The number of aromatic nitrogens is 3. The van der Waals surface area contributed by atoms with Crippen LogP contribution in [-0.4, -0.2) is 48.0 Å². The Labute approximate surface area is 217 Å². The van der Waals surface area contributed by atoms with E-state index in [1.165, 1.54) is 16.9 Å². The molecule has 0 saturated carbocycles. The minimum absolute atomic E-state index is 0.136. The highest BCUT2D eigenvalue weighted by molar-refractivity contribution is 6.74. The molecule has 2 heterocycles. The van der Waals surface area contributed by atoms with Crippen molar-refractivity contribution < 1.29 is 14.0 Å². The van der Waals surface area contributed by atoms with E-state index in [0.717, 1.165) is 5.69 Å². The molecule has 2 aromatic heterocycles. The van der Waals surface area contributed by atoms with E-state index >= 15 is 0 Å². The maximum absolute atomic E-state index is 12.9. The molecule has 0 radical (unpaired) electrons. The van der Waals surface area contributed by atoms with Gasteiger partial charge >= 0.3 is 0 Å². The summed E-state index contributed by atoms with van der Waals surface area (Å²) < 4.78 is 7.64. The van der Waals surface area contributed by atoms with Crippen molar-refractivity contribution in [2.24, 2.45) is 7.05 Å². The van der Waals surface area contributed by atoms with Gasteiger partial charge in [0.2, 0.25) is 0 Å². The van der Waals surface area contributed by atoms with Gasteiger partial charge in [-0.15, -0.1) is 0 Å². The highest BCUT2D eigenvalue weighted by Gasteiger charge is 2.36. The molecule has 0 bridgehead atoms. The second-order valence-corrected chi connectivity index (χ2v) is 15.2. The fourth-order valence-corrected chi connectivity index (χ4v) is 4.17. The monoisotopic (exact) mass is 528 g/mol. The number of hydrogen-bond acceptors (Lipinski definition) is 6. The molecule has 0 aliphatic carbocycles.